The Bertz CT molecular complexity index is 542. The van der Waals surface area contributed by atoms with Crippen molar-refractivity contribution in [3.8, 4) is 0 Å². The van der Waals surface area contributed by atoms with Gasteiger partial charge in [-0.15, -0.1) is 0 Å². The summed E-state index contributed by atoms with van der Waals surface area (Å²) in [5.41, 5.74) is 9.31. The van der Waals surface area contributed by atoms with Gasteiger partial charge in [0.05, 0.1) is 0 Å². The van der Waals surface area contributed by atoms with E-state index in [0.717, 1.165) is 5.69 Å². The molecule has 2 N–H and O–H groups in total. The van der Waals surface area contributed by atoms with Crippen LogP contribution < -0.4 is 10.6 Å². The Kier molecular flexibility index (Phi) is 2.97. The Morgan fingerprint density at radius 3 is 2.35 bits per heavy atom. The van der Waals surface area contributed by atoms with E-state index in [0.29, 0.717) is 5.92 Å². The molecule has 0 saturated carbocycles. The maximum absolute atomic E-state index is 5.96. The normalized spacial score (nSPS) is 11.1. The predicted octanol–water partition coefficient (Wildman–Crippen LogP) is 3.61. The molecule has 2 aromatic rings. The van der Waals surface area contributed by atoms with Crippen LogP contribution in [0.2, 0.25) is 0 Å². The second kappa shape index (κ2) is 4.28. The van der Waals surface area contributed by atoms with Crippen molar-refractivity contribution in [2.75, 3.05) is 24.7 Å². The number of nitrogens with zero attached hydrogens (tertiary/aromatic N) is 1. The highest BCUT2D eigenvalue weighted by Gasteiger charge is 2.07. The van der Waals surface area contributed by atoms with Gasteiger partial charge in [-0.1, -0.05) is 32.0 Å². The number of hydrogen-bond donors (Lipinski definition) is 1. The first kappa shape index (κ1) is 11.8. The summed E-state index contributed by atoms with van der Waals surface area (Å²) < 4.78 is 0. The average molecular weight is 228 g/mol. The Labute approximate surface area is 103 Å². The second-order valence-corrected chi connectivity index (χ2v) is 5.07. The van der Waals surface area contributed by atoms with Crippen LogP contribution in [-0.2, 0) is 0 Å². The van der Waals surface area contributed by atoms with Crippen molar-refractivity contribution in [3.63, 3.8) is 0 Å². The number of hydrogen-bond acceptors (Lipinski definition) is 2. The predicted molar refractivity (Wildman–Crippen MR) is 76.8 cm³/mol. The third-order valence-electron chi connectivity index (χ3n) is 3.13. The number of fused-ring (bicyclic) bond motifs is 1. The summed E-state index contributed by atoms with van der Waals surface area (Å²) in [5.74, 6) is 0.545. The number of anilines is 2. The molecule has 0 heterocycles. The lowest BCUT2D eigenvalue weighted by Gasteiger charge is -2.17. The quantitative estimate of drug-likeness (QED) is 0.796. The first-order valence-corrected chi connectivity index (χ1v) is 5.99. The van der Waals surface area contributed by atoms with Gasteiger partial charge in [0.2, 0.25) is 0 Å². The first-order valence-electron chi connectivity index (χ1n) is 5.99. The molecular weight excluding hydrogens is 208 g/mol. The van der Waals surface area contributed by atoms with Crippen LogP contribution in [0, 0.1) is 0 Å². The summed E-state index contributed by atoms with van der Waals surface area (Å²) in [4.78, 5) is 2.10. The third-order valence-corrected chi connectivity index (χ3v) is 3.13. The van der Waals surface area contributed by atoms with Crippen LogP contribution in [0.15, 0.2) is 30.3 Å². The lowest BCUT2D eigenvalue weighted by molar-refractivity contribution is 0.869. The summed E-state index contributed by atoms with van der Waals surface area (Å²) in [5, 5.41) is 2.48. The molecule has 0 unspecified atom stereocenters. The molecule has 17 heavy (non-hydrogen) atoms. The summed E-state index contributed by atoms with van der Waals surface area (Å²) in [6.45, 7) is 4.42. The van der Waals surface area contributed by atoms with Crippen molar-refractivity contribution >= 4 is 22.1 Å². The minimum Gasteiger partial charge on any atom is -0.399 e. The fourth-order valence-corrected chi connectivity index (χ4v) is 2.12. The Hall–Kier alpha value is -1.70. The molecule has 90 valence electrons. The second-order valence-electron chi connectivity index (χ2n) is 5.07. The first-order chi connectivity index (χ1) is 7.99. The number of rotatable bonds is 2. The molecule has 0 amide bonds. The van der Waals surface area contributed by atoms with E-state index in [-0.39, 0.29) is 0 Å². The molecule has 2 aromatic carbocycles. The van der Waals surface area contributed by atoms with Gasteiger partial charge in [0.1, 0.15) is 0 Å². The molecule has 0 saturated heterocycles. The Balaban J connectivity index is 2.71. The zero-order valence-electron chi connectivity index (χ0n) is 11.0. The number of nitrogens with two attached hydrogens (primary N) is 1. The zero-order valence-corrected chi connectivity index (χ0v) is 11.0. The van der Waals surface area contributed by atoms with Crippen molar-refractivity contribution in [1.82, 2.24) is 0 Å². The topological polar surface area (TPSA) is 29.3 Å². The van der Waals surface area contributed by atoms with E-state index in [9.17, 15) is 0 Å². The van der Waals surface area contributed by atoms with Gasteiger partial charge in [-0.05, 0) is 29.0 Å². The highest BCUT2D eigenvalue weighted by atomic mass is 15.1. The molecule has 0 aliphatic rings. The molecule has 0 aliphatic carbocycles. The molecule has 0 aromatic heterocycles. The Morgan fingerprint density at radius 1 is 1.06 bits per heavy atom. The largest absolute Gasteiger partial charge is 0.399 e. The lowest BCUT2D eigenvalue weighted by atomic mass is 9.98. The van der Waals surface area contributed by atoms with Gasteiger partial charge in [-0.25, -0.2) is 0 Å². The summed E-state index contributed by atoms with van der Waals surface area (Å²) in [6, 6.07) is 10.7. The van der Waals surface area contributed by atoms with Crippen LogP contribution in [-0.4, -0.2) is 14.1 Å². The van der Waals surface area contributed by atoms with E-state index >= 15 is 0 Å². The maximum atomic E-state index is 5.96. The van der Waals surface area contributed by atoms with Gasteiger partial charge in [0.15, 0.2) is 0 Å². The molecule has 0 atom stereocenters. The molecule has 2 nitrogen and oxygen atoms in total. The molecule has 0 aliphatic heterocycles. The van der Waals surface area contributed by atoms with E-state index < -0.39 is 0 Å². The molecular formula is C15H20N2. The molecule has 0 radical (unpaired) electrons. The molecule has 2 rings (SSSR count). The van der Waals surface area contributed by atoms with Crippen LogP contribution in [0.25, 0.3) is 10.8 Å². The van der Waals surface area contributed by atoms with E-state index in [1.165, 1.54) is 22.0 Å². The molecule has 0 spiro atoms. The molecule has 0 bridgehead atoms. The third kappa shape index (κ3) is 2.21. The van der Waals surface area contributed by atoms with Gasteiger partial charge < -0.3 is 10.6 Å². The molecule has 0 fully saturated rings. The van der Waals surface area contributed by atoms with Gasteiger partial charge in [-0.3, -0.25) is 0 Å². The van der Waals surface area contributed by atoms with Crippen molar-refractivity contribution in [2.24, 2.45) is 0 Å². The smallest absolute Gasteiger partial charge is 0.0461 e. The van der Waals surface area contributed by atoms with Crippen LogP contribution in [0.4, 0.5) is 11.4 Å². The average Bonchev–Trinajstić information content (AvgIpc) is 2.26. The fraction of sp³-hybridized carbons (Fsp3) is 0.333. The van der Waals surface area contributed by atoms with E-state index in [1.807, 2.05) is 26.2 Å². The Morgan fingerprint density at radius 2 is 1.76 bits per heavy atom. The number of nitrogen functional groups attached to an aromatic ring is 1. The summed E-state index contributed by atoms with van der Waals surface area (Å²) in [6.07, 6.45) is 0. The highest BCUT2D eigenvalue weighted by Crippen LogP contribution is 2.30. The van der Waals surface area contributed by atoms with Gasteiger partial charge >= 0.3 is 0 Å². The standard InChI is InChI=1S/C15H20N2/c1-10(2)11-5-6-14-12(7-11)8-13(16)9-15(14)17(3)4/h5-10H,16H2,1-4H3. The monoisotopic (exact) mass is 228 g/mol. The van der Waals surface area contributed by atoms with Crippen LogP contribution in [0.3, 0.4) is 0 Å². The van der Waals surface area contributed by atoms with Gasteiger partial charge in [0.25, 0.3) is 0 Å². The van der Waals surface area contributed by atoms with Crippen molar-refractivity contribution in [2.45, 2.75) is 19.8 Å². The minimum atomic E-state index is 0.545. The van der Waals surface area contributed by atoms with Gasteiger partial charge in [0, 0.05) is 30.9 Å². The fourth-order valence-electron chi connectivity index (χ4n) is 2.12. The van der Waals surface area contributed by atoms with E-state index in [2.05, 4.69) is 36.9 Å². The van der Waals surface area contributed by atoms with E-state index in [4.69, 9.17) is 5.73 Å². The molecule has 2 heteroatoms. The zero-order chi connectivity index (χ0) is 12.6. The van der Waals surface area contributed by atoms with Crippen molar-refractivity contribution in [3.05, 3.63) is 35.9 Å². The number of benzene rings is 2. The van der Waals surface area contributed by atoms with E-state index in [1.54, 1.807) is 0 Å². The summed E-state index contributed by atoms with van der Waals surface area (Å²) in [7, 11) is 4.09. The minimum absolute atomic E-state index is 0.545. The van der Waals surface area contributed by atoms with Crippen LogP contribution >= 0.6 is 0 Å². The SMILES string of the molecule is CC(C)c1ccc2c(N(C)C)cc(N)cc2c1. The van der Waals surface area contributed by atoms with Crippen LogP contribution in [0.5, 0.6) is 0 Å². The lowest BCUT2D eigenvalue weighted by Crippen LogP contribution is -2.09. The highest BCUT2D eigenvalue weighted by molar-refractivity contribution is 5.97. The van der Waals surface area contributed by atoms with Gasteiger partial charge in [-0.2, -0.15) is 0 Å². The maximum Gasteiger partial charge on any atom is 0.0461 e. The van der Waals surface area contributed by atoms with Crippen molar-refractivity contribution < 1.29 is 0 Å². The van der Waals surface area contributed by atoms with Crippen molar-refractivity contribution in [1.29, 1.82) is 0 Å². The van der Waals surface area contributed by atoms with Crippen LogP contribution in [0.1, 0.15) is 25.3 Å². The summed E-state index contributed by atoms with van der Waals surface area (Å²) >= 11 is 0.